The zero-order valence-electron chi connectivity index (χ0n) is 14.3. The van der Waals surface area contributed by atoms with Gasteiger partial charge in [-0.25, -0.2) is 0 Å². The van der Waals surface area contributed by atoms with Crippen LogP contribution in [0.25, 0.3) is 0 Å². The Hall–Kier alpha value is -1.94. The molecule has 10 heteroatoms. The third-order valence-electron chi connectivity index (χ3n) is 3.47. The number of carbonyl (C=O) groups is 2. The van der Waals surface area contributed by atoms with Gasteiger partial charge in [-0.3, -0.25) is 14.9 Å². The molecule has 0 aliphatic heterocycles. The van der Waals surface area contributed by atoms with E-state index >= 15 is 0 Å². The number of hydrogen-bond donors (Lipinski definition) is 2. The topological polar surface area (TPSA) is 84.0 Å². The highest BCUT2D eigenvalue weighted by atomic mass is 79.9. The summed E-state index contributed by atoms with van der Waals surface area (Å²) >= 11 is 11.9. The molecule has 0 aliphatic rings. The van der Waals surface area contributed by atoms with Gasteiger partial charge < -0.3 is 5.32 Å². The summed E-state index contributed by atoms with van der Waals surface area (Å²) < 4.78 is 1.41. The van der Waals surface area contributed by atoms with E-state index in [1.54, 1.807) is 24.3 Å². The first kappa shape index (κ1) is 20.8. The van der Waals surface area contributed by atoms with Crippen LogP contribution in [0.15, 0.2) is 57.3 Å². The summed E-state index contributed by atoms with van der Waals surface area (Å²) in [5.41, 5.74) is 1.37. The van der Waals surface area contributed by atoms with E-state index in [1.807, 2.05) is 24.3 Å². The van der Waals surface area contributed by atoms with Crippen molar-refractivity contribution in [2.24, 2.45) is 0 Å². The molecule has 2 aromatic carbocycles. The van der Waals surface area contributed by atoms with E-state index in [0.717, 1.165) is 10.0 Å². The molecule has 0 aliphatic carbocycles. The van der Waals surface area contributed by atoms with Gasteiger partial charge in [0.25, 0.3) is 5.91 Å². The lowest BCUT2D eigenvalue weighted by molar-refractivity contribution is -0.118. The number of aromatic nitrogens is 2. The van der Waals surface area contributed by atoms with Gasteiger partial charge in [-0.1, -0.05) is 74.9 Å². The molecular formula is C18H14BrClN4O2S2. The molecule has 0 bridgehead atoms. The predicted octanol–water partition coefficient (Wildman–Crippen LogP) is 4.61. The van der Waals surface area contributed by atoms with Gasteiger partial charge in [0.2, 0.25) is 11.0 Å². The van der Waals surface area contributed by atoms with Gasteiger partial charge in [0.05, 0.1) is 5.75 Å². The Morgan fingerprint density at radius 3 is 2.75 bits per heavy atom. The molecule has 144 valence electrons. The quantitative estimate of drug-likeness (QED) is 0.368. The van der Waals surface area contributed by atoms with Crippen LogP contribution >= 0.6 is 50.6 Å². The Bertz CT molecular complexity index is 999. The van der Waals surface area contributed by atoms with Gasteiger partial charge in [-0.15, -0.1) is 10.2 Å². The summed E-state index contributed by atoms with van der Waals surface area (Å²) in [6.45, 7) is 0.364. The third kappa shape index (κ3) is 6.03. The van der Waals surface area contributed by atoms with Crippen molar-refractivity contribution in [3.63, 3.8) is 0 Å². The van der Waals surface area contributed by atoms with Gasteiger partial charge in [0, 0.05) is 21.6 Å². The van der Waals surface area contributed by atoms with Crippen molar-refractivity contribution < 1.29 is 9.59 Å². The van der Waals surface area contributed by atoms with Crippen molar-refractivity contribution in [3.8, 4) is 0 Å². The molecule has 3 rings (SSSR count). The molecule has 0 radical (unpaired) electrons. The first-order valence-electron chi connectivity index (χ1n) is 8.04. The lowest BCUT2D eigenvalue weighted by atomic mass is 10.2. The van der Waals surface area contributed by atoms with Gasteiger partial charge in [-0.2, -0.15) is 0 Å². The highest BCUT2D eigenvalue weighted by molar-refractivity contribution is 9.10. The summed E-state index contributed by atoms with van der Waals surface area (Å²) in [4.78, 5) is 24.2. The van der Waals surface area contributed by atoms with E-state index in [-0.39, 0.29) is 17.6 Å². The maximum absolute atomic E-state index is 12.2. The Balaban J connectivity index is 1.47. The molecular weight excluding hydrogens is 484 g/mol. The summed E-state index contributed by atoms with van der Waals surface area (Å²) in [6.07, 6.45) is 0. The van der Waals surface area contributed by atoms with Crippen LogP contribution in [-0.4, -0.2) is 27.8 Å². The first-order valence-corrected chi connectivity index (χ1v) is 11.0. The zero-order chi connectivity index (χ0) is 19.9. The number of thioether (sulfide) groups is 1. The molecule has 6 nitrogen and oxygen atoms in total. The number of amides is 2. The predicted molar refractivity (Wildman–Crippen MR) is 116 cm³/mol. The fraction of sp³-hybridized carbons (Fsp3) is 0.111. The van der Waals surface area contributed by atoms with Crippen molar-refractivity contribution >= 4 is 67.6 Å². The standard InChI is InChI=1S/C18H14BrClN4O2S2/c19-13-6-3-5-11(8-13)16(26)22-17-23-24-18(28-17)27-10-15(25)21-9-12-4-1-2-7-14(12)20/h1-8H,9-10H2,(H,21,25)(H,22,23,26). The number of nitrogens with one attached hydrogen (secondary N) is 2. The molecule has 3 aromatic rings. The number of carbonyl (C=O) groups excluding carboxylic acids is 2. The summed E-state index contributed by atoms with van der Waals surface area (Å²) in [6, 6.07) is 14.4. The number of halogens is 2. The third-order valence-corrected chi connectivity index (χ3v) is 6.31. The summed E-state index contributed by atoms with van der Waals surface area (Å²) in [7, 11) is 0. The molecule has 2 N–H and O–H groups in total. The Labute approximate surface area is 183 Å². The van der Waals surface area contributed by atoms with Crippen molar-refractivity contribution in [1.29, 1.82) is 0 Å². The fourth-order valence-corrected chi connectivity index (χ4v) is 4.31. The van der Waals surface area contributed by atoms with Crippen LogP contribution in [0.3, 0.4) is 0 Å². The Kier molecular flexibility index (Phi) is 7.43. The van der Waals surface area contributed by atoms with Crippen LogP contribution in [-0.2, 0) is 11.3 Å². The van der Waals surface area contributed by atoms with Crippen molar-refractivity contribution in [3.05, 3.63) is 69.2 Å². The second-order valence-electron chi connectivity index (χ2n) is 5.49. The zero-order valence-corrected chi connectivity index (χ0v) is 18.3. The Morgan fingerprint density at radius 1 is 1.14 bits per heavy atom. The van der Waals surface area contributed by atoms with Crippen molar-refractivity contribution in [2.45, 2.75) is 10.9 Å². The lowest BCUT2D eigenvalue weighted by Gasteiger charge is -2.05. The molecule has 0 saturated carbocycles. The number of rotatable bonds is 7. The fourth-order valence-electron chi connectivity index (χ4n) is 2.13. The molecule has 0 fully saturated rings. The van der Waals surface area contributed by atoms with Crippen molar-refractivity contribution in [2.75, 3.05) is 11.1 Å². The van der Waals surface area contributed by atoms with E-state index in [0.29, 0.717) is 26.6 Å². The smallest absolute Gasteiger partial charge is 0.257 e. The Morgan fingerprint density at radius 2 is 1.96 bits per heavy atom. The van der Waals surface area contributed by atoms with Gasteiger partial charge in [-0.05, 0) is 29.8 Å². The SMILES string of the molecule is O=C(CSc1nnc(NC(=O)c2cccc(Br)c2)s1)NCc1ccccc1Cl. The van der Waals surface area contributed by atoms with E-state index in [9.17, 15) is 9.59 Å². The minimum absolute atomic E-state index is 0.139. The lowest BCUT2D eigenvalue weighted by Crippen LogP contribution is -2.24. The van der Waals surface area contributed by atoms with E-state index in [2.05, 4.69) is 36.8 Å². The second kappa shape index (κ2) is 10.0. The minimum Gasteiger partial charge on any atom is -0.351 e. The van der Waals surface area contributed by atoms with Gasteiger partial charge in [0.15, 0.2) is 4.34 Å². The van der Waals surface area contributed by atoms with E-state index < -0.39 is 0 Å². The van der Waals surface area contributed by atoms with E-state index in [1.165, 1.54) is 23.1 Å². The summed E-state index contributed by atoms with van der Waals surface area (Å²) in [5, 5.41) is 14.4. The maximum atomic E-state index is 12.2. The monoisotopic (exact) mass is 496 g/mol. The maximum Gasteiger partial charge on any atom is 0.257 e. The molecule has 2 amide bonds. The first-order chi connectivity index (χ1) is 13.5. The number of nitrogens with zero attached hydrogens (tertiary/aromatic N) is 2. The highest BCUT2D eigenvalue weighted by Gasteiger charge is 2.12. The molecule has 0 unspecified atom stereocenters. The van der Waals surface area contributed by atoms with Crippen LogP contribution in [0.5, 0.6) is 0 Å². The van der Waals surface area contributed by atoms with Crippen LogP contribution in [0.1, 0.15) is 15.9 Å². The average molecular weight is 498 g/mol. The van der Waals surface area contributed by atoms with Crippen LogP contribution in [0, 0.1) is 0 Å². The molecule has 1 aromatic heterocycles. The highest BCUT2D eigenvalue weighted by Crippen LogP contribution is 2.26. The van der Waals surface area contributed by atoms with Crippen LogP contribution in [0.2, 0.25) is 5.02 Å². The van der Waals surface area contributed by atoms with Crippen LogP contribution in [0.4, 0.5) is 5.13 Å². The normalized spacial score (nSPS) is 10.5. The second-order valence-corrected chi connectivity index (χ2v) is 9.02. The number of anilines is 1. The minimum atomic E-state index is -0.272. The number of hydrogen-bond acceptors (Lipinski definition) is 6. The molecule has 0 spiro atoms. The van der Waals surface area contributed by atoms with Crippen molar-refractivity contribution in [1.82, 2.24) is 15.5 Å². The number of benzene rings is 2. The average Bonchev–Trinajstić information content (AvgIpc) is 3.13. The molecule has 28 heavy (non-hydrogen) atoms. The van der Waals surface area contributed by atoms with Crippen LogP contribution < -0.4 is 10.6 Å². The summed E-state index contributed by atoms with van der Waals surface area (Å²) in [5.74, 6) is -0.218. The molecule has 0 atom stereocenters. The van der Waals surface area contributed by atoms with E-state index in [4.69, 9.17) is 11.6 Å². The van der Waals surface area contributed by atoms with Gasteiger partial charge in [0.1, 0.15) is 0 Å². The molecule has 1 heterocycles. The van der Waals surface area contributed by atoms with Gasteiger partial charge >= 0.3 is 0 Å². The largest absolute Gasteiger partial charge is 0.351 e. The molecule has 0 saturated heterocycles.